The molecular formula is C22H24O5. The number of hydrogen-bond acceptors (Lipinski definition) is 5. The lowest BCUT2D eigenvalue weighted by Crippen LogP contribution is -2.39. The summed E-state index contributed by atoms with van der Waals surface area (Å²) >= 11 is 0. The van der Waals surface area contributed by atoms with Gasteiger partial charge in [-0.1, -0.05) is 18.2 Å². The van der Waals surface area contributed by atoms with Gasteiger partial charge in [-0.2, -0.15) is 0 Å². The molecule has 2 aromatic carbocycles. The van der Waals surface area contributed by atoms with Gasteiger partial charge in [0.25, 0.3) is 0 Å². The van der Waals surface area contributed by atoms with Gasteiger partial charge >= 0.3 is 5.97 Å². The van der Waals surface area contributed by atoms with Crippen molar-refractivity contribution < 1.29 is 24.2 Å². The summed E-state index contributed by atoms with van der Waals surface area (Å²) < 4.78 is 10.7. The highest BCUT2D eigenvalue weighted by Gasteiger charge is 2.32. The van der Waals surface area contributed by atoms with E-state index in [1.54, 1.807) is 38.1 Å². The van der Waals surface area contributed by atoms with Crippen molar-refractivity contribution in [3.05, 3.63) is 64.7 Å². The predicted molar refractivity (Wildman–Crippen MR) is 104 cm³/mol. The van der Waals surface area contributed by atoms with Crippen LogP contribution in [0.2, 0.25) is 0 Å². The molecule has 0 saturated heterocycles. The Balaban J connectivity index is 2.25. The predicted octanol–water partition coefficient (Wildman–Crippen LogP) is 4.24. The van der Waals surface area contributed by atoms with Crippen LogP contribution in [0.15, 0.2) is 42.5 Å². The van der Waals surface area contributed by atoms with Crippen molar-refractivity contribution in [2.24, 2.45) is 0 Å². The van der Waals surface area contributed by atoms with Crippen LogP contribution < -0.4 is 4.74 Å². The van der Waals surface area contributed by atoms with E-state index in [1.807, 2.05) is 26.0 Å². The van der Waals surface area contributed by atoms with Crippen molar-refractivity contribution in [2.45, 2.75) is 33.3 Å². The number of esters is 1. The van der Waals surface area contributed by atoms with Crippen LogP contribution in [0.3, 0.4) is 0 Å². The fraction of sp³-hybridized carbons (Fsp3) is 0.273. The molecule has 0 atom stereocenters. The SMILES string of the molecule is COC(=O)C(C)(C)Oc1c(C)cc(/C=C/C(=O)c2ccccc2O)cc1C. The molecule has 2 rings (SSSR count). The number of rotatable bonds is 6. The zero-order valence-electron chi connectivity index (χ0n) is 16.2. The topological polar surface area (TPSA) is 72.8 Å². The molecule has 0 saturated carbocycles. The summed E-state index contributed by atoms with van der Waals surface area (Å²) in [6.07, 6.45) is 3.10. The van der Waals surface area contributed by atoms with Crippen molar-refractivity contribution >= 4 is 17.8 Å². The summed E-state index contributed by atoms with van der Waals surface area (Å²) in [5, 5.41) is 9.77. The normalized spacial score (nSPS) is 11.4. The van der Waals surface area contributed by atoms with E-state index in [-0.39, 0.29) is 17.1 Å². The fourth-order valence-electron chi connectivity index (χ4n) is 2.73. The van der Waals surface area contributed by atoms with Crippen LogP contribution in [-0.2, 0) is 9.53 Å². The Bertz CT molecular complexity index is 870. The van der Waals surface area contributed by atoms with Crippen LogP contribution in [0.1, 0.15) is 40.9 Å². The molecule has 142 valence electrons. The van der Waals surface area contributed by atoms with E-state index in [1.165, 1.54) is 19.3 Å². The van der Waals surface area contributed by atoms with Gasteiger partial charge in [0.2, 0.25) is 0 Å². The standard InChI is InChI=1S/C22H24O5/c1-14-12-16(10-11-19(24)17-8-6-7-9-18(17)23)13-15(2)20(14)27-22(3,4)21(25)26-5/h6-13,23H,1-5H3/b11-10+. The van der Waals surface area contributed by atoms with Gasteiger partial charge in [0.15, 0.2) is 11.4 Å². The lowest BCUT2D eigenvalue weighted by Gasteiger charge is -2.25. The molecule has 2 aromatic rings. The van der Waals surface area contributed by atoms with Crippen LogP contribution in [0.25, 0.3) is 6.08 Å². The lowest BCUT2D eigenvalue weighted by atomic mass is 10.0. The Hall–Kier alpha value is -3.08. The van der Waals surface area contributed by atoms with E-state index >= 15 is 0 Å². The molecule has 27 heavy (non-hydrogen) atoms. The Morgan fingerprint density at radius 2 is 1.67 bits per heavy atom. The number of phenolic OH excluding ortho intramolecular Hbond substituents is 1. The lowest BCUT2D eigenvalue weighted by molar-refractivity contribution is -0.156. The molecule has 0 amide bonds. The summed E-state index contributed by atoms with van der Waals surface area (Å²) in [5.41, 5.74) is 1.63. The van der Waals surface area contributed by atoms with Crippen LogP contribution in [0.4, 0.5) is 0 Å². The van der Waals surface area contributed by atoms with E-state index < -0.39 is 11.6 Å². The number of para-hydroxylation sites is 1. The van der Waals surface area contributed by atoms with Gasteiger partial charge in [0.05, 0.1) is 12.7 Å². The minimum Gasteiger partial charge on any atom is -0.507 e. The Kier molecular flexibility index (Phi) is 6.05. The van der Waals surface area contributed by atoms with Crippen molar-refractivity contribution in [3.8, 4) is 11.5 Å². The number of hydrogen-bond donors (Lipinski definition) is 1. The number of benzene rings is 2. The van der Waals surface area contributed by atoms with Gasteiger partial charge in [-0.05, 0) is 74.7 Å². The average molecular weight is 368 g/mol. The zero-order valence-corrected chi connectivity index (χ0v) is 16.2. The van der Waals surface area contributed by atoms with Crippen LogP contribution >= 0.6 is 0 Å². The number of ether oxygens (including phenoxy) is 2. The largest absolute Gasteiger partial charge is 0.507 e. The molecule has 0 spiro atoms. The highest BCUT2D eigenvalue weighted by Crippen LogP contribution is 2.29. The molecular weight excluding hydrogens is 344 g/mol. The first-order valence-corrected chi connectivity index (χ1v) is 8.55. The third-order valence-corrected chi connectivity index (χ3v) is 4.11. The highest BCUT2D eigenvalue weighted by atomic mass is 16.6. The van der Waals surface area contributed by atoms with Crippen molar-refractivity contribution in [2.75, 3.05) is 7.11 Å². The molecule has 0 heterocycles. The van der Waals surface area contributed by atoms with Gasteiger partial charge in [0, 0.05) is 0 Å². The smallest absolute Gasteiger partial charge is 0.349 e. The van der Waals surface area contributed by atoms with Gasteiger partial charge in [-0.25, -0.2) is 4.79 Å². The highest BCUT2D eigenvalue weighted by molar-refractivity contribution is 6.08. The van der Waals surface area contributed by atoms with Crippen molar-refractivity contribution in [1.29, 1.82) is 0 Å². The van der Waals surface area contributed by atoms with Gasteiger partial charge in [-0.15, -0.1) is 0 Å². The van der Waals surface area contributed by atoms with E-state index in [0.29, 0.717) is 5.75 Å². The average Bonchev–Trinajstić information content (AvgIpc) is 2.62. The van der Waals surface area contributed by atoms with Crippen molar-refractivity contribution in [1.82, 2.24) is 0 Å². The Morgan fingerprint density at radius 1 is 1.07 bits per heavy atom. The number of phenols is 1. The maximum Gasteiger partial charge on any atom is 0.349 e. The summed E-state index contributed by atoms with van der Waals surface area (Å²) in [6.45, 7) is 7.04. The van der Waals surface area contributed by atoms with Crippen LogP contribution in [0, 0.1) is 13.8 Å². The Labute approximate surface area is 159 Å². The first kappa shape index (κ1) is 20.2. The molecule has 0 fully saturated rings. The number of ketones is 1. The second-order valence-electron chi connectivity index (χ2n) is 6.80. The minimum atomic E-state index is -1.11. The summed E-state index contributed by atoms with van der Waals surface area (Å²) in [4.78, 5) is 24.1. The van der Waals surface area contributed by atoms with Gasteiger partial charge < -0.3 is 14.6 Å². The van der Waals surface area contributed by atoms with E-state index in [9.17, 15) is 14.7 Å². The first-order valence-electron chi connectivity index (χ1n) is 8.55. The number of aryl methyl sites for hydroxylation is 2. The molecule has 0 radical (unpaired) electrons. The molecule has 0 unspecified atom stereocenters. The molecule has 0 aliphatic rings. The minimum absolute atomic E-state index is 0.0479. The fourth-order valence-corrected chi connectivity index (χ4v) is 2.73. The molecule has 0 bridgehead atoms. The second-order valence-corrected chi connectivity index (χ2v) is 6.80. The monoisotopic (exact) mass is 368 g/mol. The van der Waals surface area contributed by atoms with E-state index in [4.69, 9.17) is 9.47 Å². The molecule has 0 aliphatic heterocycles. The number of carbonyl (C=O) groups is 2. The third-order valence-electron chi connectivity index (χ3n) is 4.11. The molecule has 0 aromatic heterocycles. The molecule has 5 nitrogen and oxygen atoms in total. The summed E-state index contributed by atoms with van der Waals surface area (Å²) in [6, 6.07) is 10.1. The van der Waals surface area contributed by atoms with Crippen molar-refractivity contribution in [3.63, 3.8) is 0 Å². The van der Waals surface area contributed by atoms with Gasteiger partial charge in [0.1, 0.15) is 11.5 Å². The second kappa shape index (κ2) is 8.08. The van der Waals surface area contributed by atoms with Crippen LogP contribution in [-0.4, -0.2) is 29.6 Å². The number of allylic oxidation sites excluding steroid dienone is 1. The zero-order chi connectivity index (χ0) is 20.2. The molecule has 0 aliphatic carbocycles. The maximum atomic E-state index is 12.2. The van der Waals surface area contributed by atoms with E-state index in [0.717, 1.165) is 16.7 Å². The summed E-state index contributed by atoms with van der Waals surface area (Å²) in [7, 11) is 1.32. The number of carbonyl (C=O) groups excluding carboxylic acids is 2. The Morgan fingerprint density at radius 3 is 2.22 bits per heavy atom. The first-order chi connectivity index (χ1) is 12.7. The third kappa shape index (κ3) is 4.76. The van der Waals surface area contributed by atoms with E-state index in [2.05, 4.69) is 0 Å². The van der Waals surface area contributed by atoms with Gasteiger partial charge in [-0.3, -0.25) is 4.79 Å². The molecule has 1 N–H and O–H groups in total. The summed E-state index contributed by atoms with van der Waals surface area (Å²) in [5.74, 6) is -0.183. The van der Waals surface area contributed by atoms with Crippen LogP contribution in [0.5, 0.6) is 11.5 Å². The maximum absolute atomic E-state index is 12.2. The molecule has 5 heteroatoms. The quantitative estimate of drug-likeness (QED) is 0.469. The number of aromatic hydroxyl groups is 1. The number of methoxy groups -OCH3 is 1.